The number of hydrogen-bond acceptors (Lipinski definition) is 3. The molecule has 0 radical (unpaired) electrons. The molecule has 144 valence electrons. The molecule has 0 fully saturated rings. The summed E-state index contributed by atoms with van der Waals surface area (Å²) < 4.78 is 42.3. The van der Waals surface area contributed by atoms with Crippen LogP contribution in [0.3, 0.4) is 0 Å². The van der Waals surface area contributed by atoms with Crippen LogP contribution in [0, 0.1) is 5.92 Å². The SMILES string of the molecule is CCOC(CCNC(=NC)NCCCN(C)CC(F)(F)F)C(C)C. The first kappa shape index (κ1) is 23.0. The molecule has 0 bridgehead atoms. The van der Waals surface area contributed by atoms with Crippen LogP contribution < -0.4 is 10.6 Å². The maximum absolute atomic E-state index is 12.2. The van der Waals surface area contributed by atoms with Gasteiger partial charge in [0.2, 0.25) is 0 Å². The minimum absolute atomic E-state index is 0.205. The third-order valence-electron chi connectivity index (χ3n) is 3.53. The molecule has 5 nitrogen and oxygen atoms in total. The maximum Gasteiger partial charge on any atom is 0.401 e. The van der Waals surface area contributed by atoms with Crippen LogP contribution >= 0.6 is 0 Å². The summed E-state index contributed by atoms with van der Waals surface area (Å²) in [7, 11) is 3.15. The lowest BCUT2D eigenvalue weighted by atomic mass is 10.0. The van der Waals surface area contributed by atoms with E-state index in [0.717, 1.165) is 13.0 Å². The van der Waals surface area contributed by atoms with Gasteiger partial charge in [0, 0.05) is 26.7 Å². The van der Waals surface area contributed by atoms with Gasteiger partial charge >= 0.3 is 6.18 Å². The molecule has 0 spiro atoms. The van der Waals surface area contributed by atoms with E-state index in [0.29, 0.717) is 38.0 Å². The molecule has 0 aromatic rings. The highest BCUT2D eigenvalue weighted by Gasteiger charge is 2.28. The number of halogens is 3. The quantitative estimate of drug-likeness (QED) is 0.340. The zero-order valence-corrected chi connectivity index (χ0v) is 15.5. The zero-order valence-electron chi connectivity index (χ0n) is 15.5. The van der Waals surface area contributed by atoms with Crippen molar-refractivity contribution in [2.45, 2.75) is 45.9 Å². The van der Waals surface area contributed by atoms with Crippen molar-refractivity contribution in [2.75, 3.05) is 46.9 Å². The molecule has 0 saturated carbocycles. The zero-order chi connectivity index (χ0) is 18.6. The predicted octanol–water partition coefficient (Wildman–Crippen LogP) is 2.49. The van der Waals surface area contributed by atoms with Gasteiger partial charge in [-0.15, -0.1) is 0 Å². The highest BCUT2D eigenvalue weighted by Crippen LogP contribution is 2.15. The number of guanidine groups is 1. The smallest absolute Gasteiger partial charge is 0.378 e. The molecule has 8 heteroatoms. The normalized spacial score (nSPS) is 14.3. The number of aliphatic imine (C=N–C) groups is 1. The van der Waals surface area contributed by atoms with Crippen LogP contribution in [0.4, 0.5) is 13.2 Å². The summed E-state index contributed by atoms with van der Waals surface area (Å²) in [6.07, 6.45) is -2.45. The molecule has 1 atom stereocenters. The van der Waals surface area contributed by atoms with Gasteiger partial charge in [-0.1, -0.05) is 13.8 Å². The van der Waals surface area contributed by atoms with Gasteiger partial charge in [0.1, 0.15) is 0 Å². The van der Waals surface area contributed by atoms with E-state index >= 15 is 0 Å². The standard InChI is InChI=1S/C16H33F3N4O/c1-6-24-14(13(2)3)8-10-22-15(20-4)21-9-7-11-23(5)12-16(17,18)19/h13-14H,6-12H2,1-5H3,(H2,20,21,22). The van der Waals surface area contributed by atoms with Crippen LogP contribution in [0.2, 0.25) is 0 Å². The second kappa shape index (κ2) is 12.4. The Bertz CT molecular complexity index is 349. The molecule has 0 aromatic carbocycles. The Morgan fingerprint density at radius 1 is 1.21 bits per heavy atom. The number of hydrogen-bond donors (Lipinski definition) is 2. The fraction of sp³-hybridized carbons (Fsp3) is 0.938. The van der Waals surface area contributed by atoms with Crippen LogP contribution in [0.25, 0.3) is 0 Å². The molecule has 0 rings (SSSR count). The lowest BCUT2D eigenvalue weighted by molar-refractivity contribution is -0.143. The molecule has 0 aliphatic rings. The molecular weight excluding hydrogens is 321 g/mol. The molecule has 0 aliphatic carbocycles. The van der Waals surface area contributed by atoms with Crippen molar-refractivity contribution in [3.63, 3.8) is 0 Å². The van der Waals surface area contributed by atoms with E-state index < -0.39 is 12.7 Å². The summed E-state index contributed by atoms with van der Waals surface area (Å²) in [5.74, 6) is 1.11. The number of ether oxygens (including phenoxy) is 1. The van der Waals surface area contributed by atoms with Crippen LogP contribution in [-0.2, 0) is 4.74 Å². The molecule has 24 heavy (non-hydrogen) atoms. The van der Waals surface area contributed by atoms with E-state index in [-0.39, 0.29) is 6.10 Å². The Morgan fingerprint density at radius 3 is 2.33 bits per heavy atom. The van der Waals surface area contributed by atoms with Gasteiger partial charge in [-0.25, -0.2) is 0 Å². The van der Waals surface area contributed by atoms with Gasteiger partial charge in [-0.3, -0.25) is 9.89 Å². The van der Waals surface area contributed by atoms with Crippen molar-refractivity contribution in [1.29, 1.82) is 0 Å². The molecule has 0 saturated heterocycles. The number of alkyl halides is 3. The van der Waals surface area contributed by atoms with Crippen LogP contribution in [-0.4, -0.2) is 70.0 Å². The second-order valence-electron chi connectivity index (χ2n) is 6.16. The Balaban J connectivity index is 3.92. The van der Waals surface area contributed by atoms with Gasteiger partial charge < -0.3 is 15.4 Å². The number of rotatable bonds is 11. The van der Waals surface area contributed by atoms with Crippen molar-refractivity contribution in [3.8, 4) is 0 Å². The first-order valence-electron chi connectivity index (χ1n) is 8.51. The third kappa shape index (κ3) is 12.4. The Hall–Kier alpha value is -1.02. The number of nitrogens with one attached hydrogen (secondary N) is 2. The largest absolute Gasteiger partial charge is 0.401 e. The minimum Gasteiger partial charge on any atom is -0.378 e. The predicted molar refractivity (Wildman–Crippen MR) is 92.4 cm³/mol. The average Bonchev–Trinajstić information content (AvgIpc) is 2.46. The van der Waals surface area contributed by atoms with Gasteiger partial charge in [-0.2, -0.15) is 13.2 Å². The molecule has 0 aromatic heterocycles. The first-order valence-corrected chi connectivity index (χ1v) is 8.51. The minimum atomic E-state index is -4.15. The van der Waals surface area contributed by atoms with E-state index in [1.165, 1.54) is 11.9 Å². The highest BCUT2D eigenvalue weighted by atomic mass is 19.4. The molecule has 0 aliphatic heterocycles. The molecule has 1 unspecified atom stereocenters. The maximum atomic E-state index is 12.2. The third-order valence-corrected chi connectivity index (χ3v) is 3.53. The second-order valence-corrected chi connectivity index (χ2v) is 6.16. The van der Waals surface area contributed by atoms with E-state index in [4.69, 9.17) is 4.74 Å². The summed E-state index contributed by atoms with van der Waals surface area (Å²) >= 11 is 0. The Morgan fingerprint density at radius 2 is 1.83 bits per heavy atom. The highest BCUT2D eigenvalue weighted by molar-refractivity contribution is 5.79. The average molecular weight is 354 g/mol. The summed E-state index contributed by atoms with van der Waals surface area (Å²) in [6, 6.07) is 0. The van der Waals surface area contributed by atoms with Crippen molar-refractivity contribution < 1.29 is 17.9 Å². The molecule has 2 N–H and O–H groups in total. The van der Waals surface area contributed by atoms with Crippen LogP contribution in [0.15, 0.2) is 4.99 Å². The Kier molecular flexibility index (Phi) is 11.8. The van der Waals surface area contributed by atoms with Gasteiger partial charge in [0.25, 0.3) is 0 Å². The van der Waals surface area contributed by atoms with E-state index in [1.54, 1.807) is 7.05 Å². The van der Waals surface area contributed by atoms with Gasteiger partial charge in [0.15, 0.2) is 5.96 Å². The summed E-state index contributed by atoms with van der Waals surface area (Å²) in [6.45, 7) is 7.74. The fourth-order valence-electron chi connectivity index (χ4n) is 2.32. The van der Waals surface area contributed by atoms with E-state index in [9.17, 15) is 13.2 Å². The van der Waals surface area contributed by atoms with Crippen molar-refractivity contribution >= 4 is 5.96 Å². The van der Waals surface area contributed by atoms with E-state index in [1.807, 2.05) is 6.92 Å². The van der Waals surface area contributed by atoms with Crippen molar-refractivity contribution in [3.05, 3.63) is 0 Å². The number of nitrogens with zero attached hydrogens (tertiary/aromatic N) is 2. The molecular formula is C16H33F3N4O. The van der Waals surface area contributed by atoms with Crippen LogP contribution in [0.1, 0.15) is 33.6 Å². The topological polar surface area (TPSA) is 48.9 Å². The first-order chi connectivity index (χ1) is 11.2. The van der Waals surface area contributed by atoms with Crippen LogP contribution in [0.5, 0.6) is 0 Å². The lowest BCUT2D eigenvalue weighted by Gasteiger charge is -2.22. The Labute approximate surface area is 144 Å². The van der Waals surface area contributed by atoms with Crippen molar-refractivity contribution in [1.82, 2.24) is 15.5 Å². The fourth-order valence-corrected chi connectivity index (χ4v) is 2.32. The van der Waals surface area contributed by atoms with Gasteiger partial charge in [0.05, 0.1) is 12.6 Å². The summed E-state index contributed by atoms with van der Waals surface area (Å²) in [5.41, 5.74) is 0. The van der Waals surface area contributed by atoms with Gasteiger partial charge in [-0.05, 0) is 39.3 Å². The lowest BCUT2D eigenvalue weighted by Crippen LogP contribution is -2.40. The summed E-state index contributed by atoms with van der Waals surface area (Å²) in [5, 5.41) is 6.32. The monoisotopic (exact) mass is 354 g/mol. The van der Waals surface area contributed by atoms with E-state index in [2.05, 4.69) is 29.5 Å². The van der Waals surface area contributed by atoms with Crippen molar-refractivity contribution in [2.24, 2.45) is 10.9 Å². The molecule has 0 amide bonds. The summed E-state index contributed by atoms with van der Waals surface area (Å²) in [4.78, 5) is 5.38. The molecule has 0 heterocycles.